The molecular formula is C18H21F2N3O3. The van der Waals surface area contributed by atoms with Gasteiger partial charge in [-0.15, -0.1) is 0 Å². The van der Waals surface area contributed by atoms with Gasteiger partial charge in [0, 0.05) is 12.6 Å². The zero-order chi connectivity index (χ0) is 19.3. The number of benzene rings is 1. The number of anilines is 1. The number of carbonyl (C=O) groups excluding carboxylic acids is 1. The molecule has 0 saturated heterocycles. The van der Waals surface area contributed by atoms with Crippen molar-refractivity contribution >= 4 is 11.8 Å². The van der Waals surface area contributed by atoms with Gasteiger partial charge in [0.05, 0.1) is 18.3 Å². The standard InChI is InChI=1S/C18H21F2N3O3/c1-4-23(11-18(2,3)25)17(24)22-16-8-6-13(10-21-16)26-12-5-7-14(19)15(20)9-12/h5-10,25H,4,11H2,1-3H3,(H,21,22,24). The predicted molar refractivity (Wildman–Crippen MR) is 93.2 cm³/mol. The third-order valence-corrected chi connectivity index (χ3v) is 3.34. The molecule has 1 aromatic heterocycles. The molecule has 6 nitrogen and oxygen atoms in total. The first kappa shape index (κ1) is 19.6. The molecule has 0 spiro atoms. The highest BCUT2D eigenvalue weighted by molar-refractivity contribution is 5.88. The molecule has 26 heavy (non-hydrogen) atoms. The molecule has 2 amide bonds. The van der Waals surface area contributed by atoms with Gasteiger partial charge in [-0.1, -0.05) is 0 Å². The van der Waals surface area contributed by atoms with Gasteiger partial charge < -0.3 is 14.7 Å². The lowest BCUT2D eigenvalue weighted by atomic mass is 10.1. The summed E-state index contributed by atoms with van der Waals surface area (Å²) in [7, 11) is 0. The maximum Gasteiger partial charge on any atom is 0.323 e. The van der Waals surface area contributed by atoms with Crippen molar-refractivity contribution in [2.45, 2.75) is 26.4 Å². The van der Waals surface area contributed by atoms with E-state index in [0.717, 1.165) is 12.1 Å². The molecule has 0 radical (unpaired) electrons. The van der Waals surface area contributed by atoms with Gasteiger partial charge in [-0.2, -0.15) is 0 Å². The Morgan fingerprint density at radius 3 is 2.46 bits per heavy atom. The smallest absolute Gasteiger partial charge is 0.323 e. The molecule has 2 aromatic rings. The Kier molecular flexibility index (Phi) is 6.10. The fraction of sp³-hybridized carbons (Fsp3) is 0.333. The third kappa shape index (κ3) is 5.66. The zero-order valence-electron chi connectivity index (χ0n) is 14.8. The van der Waals surface area contributed by atoms with Crippen molar-refractivity contribution in [2.75, 3.05) is 18.4 Å². The van der Waals surface area contributed by atoms with Crippen LogP contribution in [0.2, 0.25) is 0 Å². The van der Waals surface area contributed by atoms with Crippen LogP contribution in [0.4, 0.5) is 19.4 Å². The van der Waals surface area contributed by atoms with Gasteiger partial charge in [0.15, 0.2) is 11.6 Å². The first-order valence-electron chi connectivity index (χ1n) is 8.05. The van der Waals surface area contributed by atoms with Gasteiger partial charge in [-0.25, -0.2) is 18.6 Å². The number of carbonyl (C=O) groups is 1. The first-order chi connectivity index (χ1) is 12.2. The molecule has 0 aliphatic rings. The highest BCUT2D eigenvalue weighted by Gasteiger charge is 2.21. The third-order valence-electron chi connectivity index (χ3n) is 3.34. The molecule has 140 valence electrons. The molecule has 0 fully saturated rings. The summed E-state index contributed by atoms with van der Waals surface area (Å²) < 4.78 is 31.5. The molecule has 1 aromatic carbocycles. The number of halogens is 2. The summed E-state index contributed by atoms with van der Waals surface area (Å²) in [5.74, 6) is -1.24. The van der Waals surface area contributed by atoms with Crippen LogP contribution in [0, 0.1) is 11.6 Å². The molecule has 2 N–H and O–H groups in total. The van der Waals surface area contributed by atoms with E-state index < -0.39 is 23.3 Å². The number of amides is 2. The minimum atomic E-state index is -1.01. The highest BCUT2D eigenvalue weighted by Crippen LogP contribution is 2.23. The van der Waals surface area contributed by atoms with E-state index in [-0.39, 0.29) is 12.3 Å². The quantitative estimate of drug-likeness (QED) is 0.817. The van der Waals surface area contributed by atoms with Gasteiger partial charge in [0.1, 0.15) is 17.3 Å². The molecule has 2 rings (SSSR count). The van der Waals surface area contributed by atoms with Crippen LogP contribution < -0.4 is 10.1 Å². The van der Waals surface area contributed by atoms with Crippen LogP contribution in [-0.4, -0.2) is 39.7 Å². The van der Waals surface area contributed by atoms with Crippen molar-refractivity contribution in [2.24, 2.45) is 0 Å². The maximum atomic E-state index is 13.2. The molecule has 8 heteroatoms. The van der Waals surface area contributed by atoms with Gasteiger partial charge in [0.25, 0.3) is 0 Å². The van der Waals surface area contributed by atoms with Gasteiger partial charge in [-0.05, 0) is 45.0 Å². The first-order valence-corrected chi connectivity index (χ1v) is 8.05. The minimum Gasteiger partial charge on any atom is -0.456 e. The highest BCUT2D eigenvalue weighted by atomic mass is 19.2. The van der Waals surface area contributed by atoms with Crippen molar-refractivity contribution in [1.82, 2.24) is 9.88 Å². The molecule has 1 heterocycles. The van der Waals surface area contributed by atoms with Crippen LogP contribution in [0.25, 0.3) is 0 Å². The zero-order valence-corrected chi connectivity index (χ0v) is 14.8. The van der Waals surface area contributed by atoms with E-state index in [1.165, 1.54) is 29.3 Å². The van der Waals surface area contributed by atoms with Gasteiger partial charge in [-0.3, -0.25) is 5.32 Å². The van der Waals surface area contributed by atoms with Crippen LogP contribution in [0.15, 0.2) is 36.5 Å². The number of aliphatic hydroxyl groups is 1. The summed E-state index contributed by atoms with van der Waals surface area (Å²) in [4.78, 5) is 17.7. The van der Waals surface area contributed by atoms with Crippen molar-refractivity contribution in [3.63, 3.8) is 0 Å². The molecule has 0 unspecified atom stereocenters. The molecule has 0 aliphatic carbocycles. The van der Waals surface area contributed by atoms with E-state index in [1.54, 1.807) is 20.8 Å². The van der Waals surface area contributed by atoms with Gasteiger partial charge >= 0.3 is 6.03 Å². The number of aromatic nitrogens is 1. The Morgan fingerprint density at radius 1 is 1.23 bits per heavy atom. The van der Waals surface area contributed by atoms with Crippen molar-refractivity contribution in [3.8, 4) is 11.5 Å². The van der Waals surface area contributed by atoms with E-state index in [1.807, 2.05) is 0 Å². The molecular weight excluding hydrogens is 344 g/mol. The van der Waals surface area contributed by atoms with E-state index >= 15 is 0 Å². The van der Waals surface area contributed by atoms with Gasteiger partial charge in [0.2, 0.25) is 0 Å². The van der Waals surface area contributed by atoms with Crippen LogP contribution in [0.5, 0.6) is 11.5 Å². The number of pyridine rings is 1. The Labute approximate surface area is 150 Å². The lowest BCUT2D eigenvalue weighted by Gasteiger charge is -2.28. The van der Waals surface area contributed by atoms with Crippen LogP contribution in [0.1, 0.15) is 20.8 Å². The number of hydrogen-bond donors (Lipinski definition) is 2. The second-order valence-electron chi connectivity index (χ2n) is 6.31. The predicted octanol–water partition coefficient (Wildman–Crippen LogP) is 3.78. The van der Waals surface area contributed by atoms with E-state index in [0.29, 0.717) is 18.1 Å². The number of nitrogens with one attached hydrogen (secondary N) is 1. The molecule has 0 bridgehead atoms. The van der Waals surface area contributed by atoms with Crippen molar-refractivity contribution in [1.29, 1.82) is 0 Å². The summed E-state index contributed by atoms with van der Waals surface area (Å²) in [6.07, 6.45) is 1.35. The Hall–Kier alpha value is -2.74. The summed E-state index contributed by atoms with van der Waals surface area (Å²) >= 11 is 0. The average Bonchev–Trinajstić information content (AvgIpc) is 2.57. The fourth-order valence-electron chi connectivity index (χ4n) is 2.17. The lowest BCUT2D eigenvalue weighted by Crippen LogP contribution is -2.44. The molecule has 0 aliphatic heterocycles. The minimum absolute atomic E-state index is 0.129. The summed E-state index contributed by atoms with van der Waals surface area (Å²) in [6, 6.07) is 5.86. The van der Waals surface area contributed by atoms with E-state index in [9.17, 15) is 18.7 Å². The summed E-state index contributed by atoms with van der Waals surface area (Å²) in [5.41, 5.74) is -1.01. The summed E-state index contributed by atoms with van der Waals surface area (Å²) in [6.45, 7) is 5.63. The maximum absolute atomic E-state index is 13.2. The Bertz CT molecular complexity index is 761. The second-order valence-corrected chi connectivity index (χ2v) is 6.31. The number of likely N-dealkylation sites (N-methyl/N-ethyl adjacent to an activating group) is 1. The monoisotopic (exact) mass is 365 g/mol. The number of nitrogens with zero attached hydrogens (tertiary/aromatic N) is 2. The number of ether oxygens (including phenoxy) is 1. The number of rotatable bonds is 6. The Balaban J connectivity index is 2.00. The fourth-order valence-corrected chi connectivity index (χ4v) is 2.17. The topological polar surface area (TPSA) is 74.7 Å². The number of hydrogen-bond acceptors (Lipinski definition) is 4. The van der Waals surface area contributed by atoms with E-state index in [2.05, 4.69) is 10.3 Å². The molecule has 0 saturated carbocycles. The molecule has 0 atom stereocenters. The Morgan fingerprint density at radius 2 is 1.92 bits per heavy atom. The number of urea groups is 1. The van der Waals surface area contributed by atoms with Crippen molar-refractivity contribution < 1.29 is 23.4 Å². The van der Waals surface area contributed by atoms with Crippen LogP contribution in [-0.2, 0) is 0 Å². The van der Waals surface area contributed by atoms with Crippen LogP contribution >= 0.6 is 0 Å². The second kappa shape index (κ2) is 8.09. The lowest BCUT2D eigenvalue weighted by molar-refractivity contribution is 0.0501. The summed E-state index contributed by atoms with van der Waals surface area (Å²) in [5, 5.41) is 12.5. The normalized spacial score (nSPS) is 11.2. The largest absolute Gasteiger partial charge is 0.456 e. The van der Waals surface area contributed by atoms with E-state index in [4.69, 9.17) is 4.74 Å². The van der Waals surface area contributed by atoms with Crippen LogP contribution in [0.3, 0.4) is 0 Å². The SMILES string of the molecule is CCN(CC(C)(C)O)C(=O)Nc1ccc(Oc2ccc(F)c(F)c2)cn1. The average molecular weight is 365 g/mol. The van der Waals surface area contributed by atoms with Crippen molar-refractivity contribution in [3.05, 3.63) is 48.2 Å².